The molecule has 2 aliphatic heterocycles. The van der Waals surface area contributed by atoms with E-state index in [-0.39, 0.29) is 23.9 Å². The number of rotatable bonds is 9. The predicted octanol–water partition coefficient (Wildman–Crippen LogP) is 5.71. The Kier molecular flexibility index (Phi) is 9.97. The van der Waals surface area contributed by atoms with Crippen molar-refractivity contribution in [1.82, 2.24) is 20.4 Å². The second-order valence-corrected chi connectivity index (χ2v) is 12.1. The van der Waals surface area contributed by atoms with Gasteiger partial charge in [0.15, 0.2) is 0 Å². The molecule has 3 aromatic rings. The SMILES string of the molecule is CC[C@H](CN1CC[C@H](CNC(=O)c2ccc3cc(Cl)ccc3c2)N[C@H](C2CCN(CC)CC2)C1=O)c1ccccc1. The van der Waals surface area contributed by atoms with Crippen LogP contribution < -0.4 is 10.6 Å². The van der Waals surface area contributed by atoms with E-state index in [4.69, 9.17) is 11.6 Å². The Morgan fingerprint density at radius 2 is 1.71 bits per heavy atom. The van der Waals surface area contributed by atoms with Gasteiger partial charge < -0.3 is 20.4 Å². The molecule has 2 N–H and O–H groups in total. The van der Waals surface area contributed by atoms with Gasteiger partial charge in [-0.1, -0.05) is 67.9 Å². The van der Waals surface area contributed by atoms with E-state index in [1.807, 2.05) is 42.5 Å². The van der Waals surface area contributed by atoms with Crippen molar-refractivity contribution in [2.24, 2.45) is 5.92 Å². The zero-order valence-electron chi connectivity index (χ0n) is 24.3. The number of nitrogens with one attached hydrogen (secondary N) is 2. The van der Waals surface area contributed by atoms with E-state index in [9.17, 15) is 9.59 Å². The fourth-order valence-corrected chi connectivity index (χ4v) is 6.63. The molecular weight excluding hydrogens is 532 g/mol. The Morgan fingerprint density at radius 3 is 2.44 bits per heavy atom. The van der Waals surface area contributed by atoms with Gasteiger partial charge >= 0.3 is 0 Å². The highest BCUT2D eigenvalue weighted by Crippen LogP contribution is 2.27. The molecule has 2 fully saturated rings. The van der Waals surface area contributed by atoms with Crippen LogP contribution in [0.2, 0.25) is 5.02 Å². The lowest BCUT2D eigenvalue weighted by Crippen LogP contribution is -2.54. The molecule has 2 aliphatic rings. The molecule has 41 heavy (non-hydrogen) atoms. The number of carbonyl (C=O) groups is 2. The Labute approximate surface area is 249 Å². The van der Waals surface area contributed by atoms with Crippen molar-refractivity contribution in [2.45, 2.75) is 57.5 Å². The van der Waals surface area contributed by atoms with Gasteiger partial charge in [-0.05, 0) is 91.8 Å². The lowest BCUT2D eigenvalue weighted by atomic mass is 9.88. The van der Waals surface area contributed by atoms with Gasteiger partial charge in [-0.15, -0.1) is 0 Å². The maximum atomic E-state index is 14.1. The van der Waals surface area contributed by atoms with E-state index >= 15 is 0 Å². The summed E-state index contributed by atoms with van der Waals surface area (Å²) in [5.74, 6) is 0.727. The average Bonchev–Trinajstić information content (AvgIpc) is 3.17. The van der Waals surface area contributed by atoms with E-state index in [1.165, 1.54) is 5.56 Å². The van der Waals surface area contributed by atoms with Crippen molar-refractivity contribution in [3.8, 4) is 0 Å². The van der Waals surface area contributed by atoms with Crippen LogP contribution in [0.4, 0.5) is 0 Å². The van der Waals surface area contributed by atoms with E-state index in [2.05, 4.69) is 58.5 Å². The highest BCUT2D eigenvalue weighted by atomic mass is 35.5. The van der Waals surface area contributed by atoms with E-state index in [1.54, 1.807) is 0 Å². The van der Waals surface area contributed by atoms with Crippen molar-refractivity contribution < 1.29 is 9.59 Å². The maximum absolute atomic E-state index is 14.1. The molecule has 2 heterocycles. The minimum Gasteiger partial charge on any atom is -0.350 e. The second kappa shape index (κ2) is 13.8. The summed E-state index contributed by atoms with van der Waals surface area (Å²) in [6.07, 6.45) is 3.82. The molecule has 0 unspecified atom stereocenters. The number of halogens is 1. The molecule has 3 atom stereocenters. The minimum atomic E-state index is -0.225. The molecule has 5 rings (SSSR count). The number of hydrogen-bond acceptors (Lipinski definition) is 4. The number of fused-ring (bicyclic) bond motifs is 1. The quantitative estimate of drug-likeness (QED) is 0.344. The van der Waals surface area contributed by atoms with Gasteiger partial charge in [-0.3, -0.25) is 9.59 Å². The van der Waals surface area contributed by atoms with Gasteiger partial charge in [0.2, 0.25) is 5.91 Å². The fraction of sp³-hybridized carbons (Fsp3) is 0.471. The Bertz CT molecular complexity index is 1320. The molecule has 0 aromatic heterocycles. The standard InChI is InChI=1S/C34H43ClN4O2/c1-3-24(25-8-6-5-7-9-25)23-39-19-16-31(37-32(34(39)41)26-14-17-38(4-2)18-15-26)22-36-33(40)29-11-10-28-21-30(35)13-12-27(28)20-29/h5-13,20-21,24,26,31-32,37H,3-4,14-19,22-23H2,1-2H3,(H,36,40)/t24-,31-,32-/m1/s1. The molecule has 0 aliphatic carbocycles. The first-order valence-electron chi connectivity index (χ1n) is 15.2. The Morgan fingerprint density at radius 1 is 0.976 bits per heavy atom. The van der Waals surface area contributed by atoms with Crippen molar-refractivity contribution in [3.05, 3.63) is 82.9 Å². The predicted molar refractivity (Wildman–Crippen MR) is 168 cm³/mol. The monoisotopic (exact) mass is 574 g/mol. The maximum Gasteiger partial charge on any atom is 0.251 e. The third-order valence-corrected chi connectivity index (χ3v) is 9.30. The van der Waals surface area contributed by atoms with Crippen LogP contribution in [0.5, 0.6) is 0 Å². The smallest absolute Gasteiger partial charge is 0.251 e. The topological polar surface area (TPSA) is 64.7 Å². The second-order valence-electron chi connectivity index (χ2n) is 11.6. The molecule has 0 radical (unpaired) electrons. The van der Waals surface area contributed by atoms with Crippen LogP contribution in [0.15, 0.2) is 66.7 Å². The molecular formula is C34H43ClN4O2. The van der Waals surface area contributed by atoms with Crippen LogP contribution in [0.3, 0.4) is 0 Å². The summed E-state index contributed by atoms with van der Waals surface area (Å²) >= 11 is 6.12. The van der Waals surface area contributed by atoms with Crippen molar-refractivity contribution in [2.75, 3.05) is 39.3 Å². The summed E-state index contributed by atoms with van der Waals surface area (Å²) in [7, 11) is 0. The number of benzene rings is 3. The molecule has 0 spiro atoms. The Hall–Kier alpha value is -2.93. The average molecular weight is 575 g/mol. The number of carbonyl (C=O) groups excluding carboxylic acids is 2. The van der Waals surface area contributed by atoms with Gasteiger partial charge in [0.1, 0.15) is 0 Å². The van der Waals surface area contributed by atoms with E-state index in [0.717, 1.165) is 62.6 Å². The molecule has 0 bridgehead atoms. The molecule has 0 saturated carbocycles. The third kappa shape index (κ3) is 7.29. The van der Waals surface area contributed by atoms with Gasteiger partial charge in [0.05, 0.1) is 6.04 Å². The van der Waals surface area contributed by atoms with Crippen LogP contribution in [0.25, 0.3) is 10.8 Å². The number of piperidine rings is 1. The zero-order chi connectivity index (χ0) is 28.8. The molecule has 6 nitrogen and oxygen atoms in total. The highest BCUT2D eigenvalue weighted by Gasteiger charge is 2.38. The summed E-state index contributed by atoms with van der Waals surface area (Å²) in [6.45, 7) is 9.42. The largest absolute Gasteiger partial charge is 0.350 e. The number of amides is 2. The number of likely N-dealkylation sites (tertiary alicyclic amines) is 1. The van der Waals surface area contributed by atoms with E-state index in [0.29, 0.717) is 35.5 Å². The lowest BCUT2D eigenvalue weighted by Gasteiger charge is -2.37. The summed E-state index contributed by atoms with van der Waals surface area (Å²) in [4.78, 5) is 31.8. The number of hydrogen-bond donors (Lipinski definition) is 2. The normalized spacial score (nSPS) is 21.5. The minimum absolute atomic E-state index is 0.0261. The van der Waals surface area contributed by atoms with Crippen LogP contribution >= 0.6 is 11.6 Å². The van der Waals surface area contributed by atoms with Crippen molar-refractivity contribution in [1.29, 1.82) is 0 Å². The zero-order valence-corrected chi connectivity index (χ0v) is 25.1. The molecule has 218 valence electrons. The highest BCUT2D eigenvalue weighted by molar-refractivity contribution is 6.31. The van der Waals surface area contributed by atoms with Crippen molar-refractivity contribution >= 4 is 34.2 Å². The molecule has 2 amide bonds. The van der Waals surface area contributed by atoms with Gasteiger partial charge in [0.25, 0.3) is 5.91 Å². The molecule has 3 aromatic carbocycles. The van der Waals surface area contributed by atoms with Crippen LogP contribution in [-0.4, -0.2) is 73.0 Å². The first kappa shape index (κ1) is 29.6. The summed E-state index contributed by atoms with van der Waals surface area (Å²) in [5, 5.41) is 9.56. The molecule has 7 heteroatoms. The van der Waals surface area contributed by atoms with E-state index < -0.39 is 0 Å². The van der Waals surface area contributed by atoms with Crippen molar-refractivity contribution in [3.63, 3.8) is 0 Å². The van der Waals surface area contributed by atoms with Gasteiger partial charge in [-0.2, -0.15) is 0 Å². The van der Waals surface area contributed by atoms with Crippen LogP contribution in [0, 0.1) is 5.92 Å². The Balaban J connectivity index is 1.29. The first-order chi connectivity index (χ1) is 19.9. The fourth-order valence-electron chi connectivity index (χ4n) is 6.45. The third-order valence-electron chi connectivity index (χ3n) is 9.07. The van der Waals surface area contributed by atoms with Gasteiger partial charge in [0, 0.05) is 42.2 Å². The van der Waals surface area contributed by atoms with Gasteiger partial charge in [-0.25, -0.2) is 0 Å². The summed E-state index contributed by atoms with van der Waals surface area (Å²) < 4.78 is 0. The first-order valence-corrected chi connectivity index (χ1v) is 15.6. The van der Waals surface area contributed by atoms with Crippen LogP contribution in [-0.2, 0) is 4.79 Å². The number of nitrogens with zero attached hydrogens (tertiary/aromatic N) is 2. The summed E-state index contributed by atoms with van der Waals surface area (Å²) in [5.41, 5.74) is 1.91. The molecule has 2 saturated heterocycles. The summed E-state index contributed by atoms with van der Waals surface area (Å²) in [6, 6.07) is 21.7. The van der Waals surface area contributed by atoms with Crippen LogP contribution in [0.1, 0.15) is 61.4 Å². The lowest BCUT2D eigenvalue weighted by molar-refractivity contribution is -0.134.